The summed E-state index contributed by atoms with van der Waals surface area (Å²) in [7, 11) is 0. The normalized spacial score (nSPS) is 14.2. The third-order valence-corrected chi connectivity index (χ3v) is 16.6. The lowest BCUT2D eigenvalue weighted by atomic mass is 9.36. The van der Waals surface area contributed by atoms with E-state index in [0.29, 0.717) is 0 Å². The van der Waals surface area contributed by atoms with Gasteiger partial charge in [-0.3, -0.25) is 0 Å². The predicted octanol–water partition coefficient (Wildman–Crippen LogP) is 15.1. The quantitative estimate of drug-likeness (QED) is 0.163. The molecule has 0 N–H and O–H groups in total. The molecule has 0 radical (unpaired) electrons. The molecule has 2 nitrogen and oxygen atoms in total. The van der Waals surface area contributed by atoms with Gasteiger partial charge in [0.2, 0.25) is 0 Å². The Kier molecular flexibility index (Phi) is 8.38. The smallest absolute Gasteiger partial charge is 0.264 e. The molecule has 0 bridgehead atoms. The molecule has 0 fully saturated rings. The van der Waals surface area contributed by atoms with Gasteiger partial charge in [-0.15, -0.1) is 11.3 Å². The van der Waals surface area contributed by atoms with Crippen LogP contribution in [-0.4, -0.2) is 6.71 Å². The minimum atomic E-state index is -0.453. The zero-order chi connectivity index (χ0) is 45.5. The van der Waals surface area contributed by atoms with Crippen LogP contribution in [0.5, 0.6) is 0 Å². The largest absolute Gasteiger partial charge is 0.311 e. The van der Waals surface area contributed by atoms with Crippen LogP contribution in [0.3, 0.4) is 0 Å². The van der Waals surface area contributed by atoms with Gasteiger partial charge in [-0.2, -0.15) is 0 Å². The number of aryl methyl sites for hydroxylation is 1. The minimum Gasteiger partial charge on any atom is -0.311 e. The number of thiophene rings is 1. The van der Waals surface area contributed by atoms with Gasteiger partial charge in [0.1, 0.15) is 0 Å². The molecule has 322 valence electrons. The first-order valence-corrected chi connectivity index (χ1v) is 24.8. The van der Waals surface area contributed by atoms with E-state index in [-0.39, 0.29) is 12.1 Å². The van der Waals surface area contributed by atoms with Gasteiger partial charge in [-0.25, -0.2) is 0 Å². The highest BCUT2D eigenvalue weighted by molar-refractivity contribution is 7.30. The number of fused-ring (bicyclic) bond motifs is 15. The average molecular weight is 887 g/mol. The molecule has 4 aliphatic rings. The first-order chi connectivity index (χ1) is 33.3. The van der Waals surface area contributed by atoms with Crippen LogP contribution in [0.1, 0.15) is 53.5 Å². The van der Waals surface area contributed by atoms with Crippen LogP contribution in [-0.2, 0) is 10.8 Å². The average Bonchev–Trinajstić information content (AvgIpc) is 4.01. The van der Waals surface area contributed by atoms with E-state index in [9.17, 15) is 0 Å². The number of para-hydroxylation sites is 2. The molecule has 0 saturated carbocycles. The summed E-state index contributed by atoms with van der Waals surface area (Å²) in [4.78, 5) is 6.65. The van der Waals surface area contributed by atoms with Crippen molar-refractivity contribution in [3.8, 4) is 44.5 Å². The summed E-state index contributed by atoms with van der Waals surface area (Å²) in [5.41, 5.74) is 26.4. The molecule has 2 aliphatic carbocycles. The maximum absolute atomic E-state index is 2.65. The van der Waals surface area contributed by atoms with Crippen LogP contribution >= 0.6 is 11.3 Å². The number of anilines is 6. The van der Waals surface area contributed by atoms with Crippen LogP contribution in [0.2, 0.25) is 0 Å². The van der Waals surface area contributed by atoms with E-state index in [0.717, 1.165) is 5.69 Å². The highest BCUT2D eigenvalue weighted by Gasteiger charge is 2.57. The molecule has 68 heavy (non-hydrogen) atoms. The fourth-order valence-electron chi connectivity index (χ4n) is 12.3. The van der Waals surface area contributed by atoms with Crippen molar-refractivity contribution in [3.63, 3.8) is 0 Å². The van der Waals surface area contributed by atoms with E-state index in [1.807, 2.05) is 0 Å². The highest BCUT2D eigenvalue weighted by Crippen LogP contribution is 2.67. The standard InChI is InChI=1S/C64H47BN2S/c1-40-32-34-46(41-20-8-5-9-21-41)50(36-40)42-33-35-54-55(37-42)66(44-22-10-6-11-23-44)56-38-43(63(2,3)4)39-57-59(56)65(54)62-60(67(57)45-24-12-7-13-25-45)58-49-28-16-19-31-53(49)64(61(58)68-62)51-29-17-14-26-47(51)48-27-15-18-30-52(48)64/h5-39H,1-4H3. The van der Waals surface area contributed by atoms with Crippen molar-refractivity contribution in [2.24, 2.45) is 0 Å². The van der Waals surface area contributed by atoms with E-state index in [4.69, 9.17) is 0 Å². The van der Waals surface area contributed by atoms with Crippen molar-refractivity contribution in [1.82, 2.24) is 0 Å². The van der Waals surface area contributed by atoms with Gasteiger partial charge in [0, 0.05) is 43.7 Å². The van der Waals surface area contributed by atoms with Crippen molar-refractivity contribution in [2.75, 3.05) is 9.80 Å². The third kappa shape index (κ3) is 5.35. The summed E-state index contributed by atoms with van der Waals surface area (Å²) in [6, 6.07) is 80.2. The lowest BCUT2D eigenvalue weighted by molar-refractivity contribution is 0.590. The third-order valence-electron chi connectivity index (χ3n) is 15.2. The van der Waals surface area contributed by atoms with Crippen LogP contribution in [0.15, 0.2) is 212 Å². The molecular formula is C64H47BN2S. The van der Waals surface area contributed by atoms with Gasteiger partial charge in [0.05, 0.1) is 11.1 Å². The molecule has 0 atom stereocenters. The van der Waals surface area contributed by atoms with Gasteiger partial charge in [-0.05, 0) is 127 Å². The summed E-state index contributed by atoms with van der Waals surface area (Å²) in [6.45, 7) is 9.28. The Balaban J connectivity index is 1.12. The lowest BCUT2D eigenvalue weighted by Crippen LogP contribution is -2.60. The van der Waals surface area contributed by atoms with Gasteiger partial charge in [0.25, 0.3) is 6.71 Å². The fourth-order valence-corrected chi connectivity index (χ4v) is 14.0. The molecule has 3 heterocycles. The zero-order valence-electron chi connectivity index (χ0n) is 38.6. The van der Waals surface area contributed by atoms with E-state index in [2.05, 4.69) is 261 Å². The van der Waals surface area contributed by atoms with Crippen LogP contribution < -0.4 is 25.5 Å². The second kappa shape index (κ2) is 14.4. The van der Waals surface area contributed by atoms with Crippen LogP contribution in [0.4, 0.5) is 34.1 Å². The molecule has 2 aliphatic heterocycles. The van der Waals surface area contributed by atoms with Crippen molar-refractivity contribution in [1.29, 1.82) is 0 Å². The molecule has 10 aromatic rings. The maximum Gasteiger partial charge on any atom is 0.264 e. The maximum atomic E-state index is 2.65. The summed E-state index contributed by atoms with van der Waals surface area (Å²) < 4.78 is 1.40. The summed E-state index contributed by atoms with van der Waals surface area (Å²) >= 11 is 2.05. The molecular weight excluding hydrogens is 840 g/mol. The van der Waals surface area contributed by atoms with E-state index >= 15 is 0 Å². The molecule has 0 unspecified atom stereocenters. The van der Waals surface area contributed by atoms with Crippen LogP contribution in [0.25, 0.3) is 44.5 Å². The number of rotatable bonds is 4. The summed E-state index contributed by atoms with van der Waals surface area (Å²) in [6.07, 6.45) is 0. The fraction of sp³-hybridized carbons (Fsp3) is 0.0938. The minimum absolute atomic E-state index is 0.0224. The van der Waals surface area contributed by atoms with Crippen molar-refractivity contribution < 1.29 is 0 Å². The topological polar surface area (TPSA) is 6.48 Å². The number of hydrogen-bond acceptors (Lipinski definition) is 3. The van der Waals surface area contributed by atoms with Crippen LogP contribution in [0, 0.1) is 6.92 Å². The first-order valence-electron chi connectivity index (χ1n) is 24.0. The highest BCUT2D eigenvalue weighted by atomic mass is 32.1. The second-order valence-electron chi connectivity index (χ2n) is 20.0. The van der Waals surface area contributed by atoms with Gasteiger partial charge in [-0.1, -0.05) is 196 Å². The van der Waals surface area contributed by atoms with E-state index in [1.54, 1.807) is 0 Å². The number of hydrogen-bond donors (Lipinski definition) is 0. The summed E-state index contributed by atoms with van der Waals surface area (Å²) in [5, 5.41) is 0. The zero-order valence-corrected chi connectivity index (χ0v) is 39.4. The molecule has 0 amide bonds. The van der Waals surface area contributed by atoms with E-state index < -0.39 is 5.41 Å². The molecule has 4 heteroatoms. The summed E-state index contributed by atoms with van der Waals surface area (Å²) in [5.74, 6) is 0. The van der Waals surface area contributed by atoms with Gasteiger partial charge in [0.15, 0.2) is 0 Å². The Labute approximate surface area is 403 Å². The Morgan fingerprint density at radius 1 is 0.456 bits per heavy atom. The monoisotopic (exact) mass is 886 g/mol. The second-order valence-corrected chi connectivity index (χ2v) is 21.1. The van der Waals surface area contributed by atoms with Crippen molar-refractivity contribution in [3.05, 3.63) is 245 Å². The molecule has 0 saturated heterocycles. The van der Waals surface area contributed by atoms with Crippen molar-refractivity contribution >= 4 is 67.9 Å². The SMILES string of the molecule is Cc1ccc(-c2ccccc2)c(-c2ccc3c(c2)N(c2ccccc2)c2cc(C(C)(C)C)cc4c2B3c2sc3c(c2N4c2ccccc2)-c2ccccc2C32c3ccccc3-c3ccccc32)c1. The van der Waals surface area contributed by atoms with Crippen molar-refractivity contribution in [2.45, 2.75) is 38.5 Å². The number of benzene rings is 9. The lowest BCUT2D eigenvalue weighted by Gasteiger charge is -2.44. The Hall–Kier alpha value is -7.66. The Morgan fingerprint density at radius 3 is 1.63 bits per heavy atom. The number of nitrogens with zero attached hydrogens (tertiary/aromatic N) is 2. The first kappa shape index (κ1) is 39.5. The predicted molar refractivity (Wildman–Crippen MR) is 289 cm³/mol. The molecule has 14 rings (SSSR count). The Bertz CT molecular complexity index is 3650. The van der Waals surface area contributed by atoms with Gasteiger partial charge < -0.3 is 9.80 Å². The van der Waals surface area contributed by atoms with E-state index in [1.165, 1.54) is 121 Å². The molecule has 9 aromatic carbocycles. The molecule has 1 spiro atoms. The molecule has 1 aromatic heterocycles. The van der Waals surface area contributed by atoms with Gasteiger partial charge >= 0.3 is 0 Å². The Morgan fingerprint density at radius 2 is 1.00 bits per heavy atom.